The molecule has 0 spiro atoms. The Bertz CT molecular complexity index is 1310. The third-order valence-corrected chi connectivity index (χ3v) is 7.65. The number of nitrogens with one attached hydrogen (secondary N) is 2. The van der Waals surface area contributed by atoms with Gasteiger partial charge in [0.2, 0.25) is 11.8 Å². The molecule has 0 aliphatic carbocycles. The molecule has 8 N–H and O–H groups in total. The van der Waals surface area contributed by atoms with Gasteiger partial charge in [0.25, 0.3) is 10.1 Å². The summed E-state index contributed by atoms with van der Waals surface area (Å²) >= 11 is 0. The first-order valence-electron chi connectivity index (χ1n) is 13.5. The van der Waals surface area contributed by atoms with E-state index in [2.05, 4.69) is 5.43 Å². The second kappa shape index (κ2) is 16.3. The number of hydroxylamine groups is 1. The third kappa shape index (κ3) is 10.1. The Morgan fingerprint density at radius 3 is 1.90 bits per heavy atom. The van der Waals surface area contributed by atoms with Crippen molar-refractivity contribution in [1.82, 2.24) is 10.9 Å². The molecule has 11 nitrogen and oxygen atoms in total. The maximum Gasteiger partial charge on any atom is 0.294 e. The van der Waals surface area contributed by atoms with Crippen molar-refractivity contribution in [3.05, 3.63) is 71.8 Å². The fourth-order valence-electron chi connectivity index (χ4n) is 4.98. The minimum atomic E-state index is -4.02. The molecule has 0 fully saturated rings. The molecule has 4 atom stereocenters. The van der Waals surface area contributed by atoms with Gasteiger partial charge < -0.3 is 5.73 Å². The summed E-state index contributed by atoms with van der Waals surface area (Å²) in [5, 5.41) is 9.56. The van der Waals surface area contributed by atoms with Crippen molar-refractivity contribution in [2.75, 3.05) is 0 Å². The number of benzene rings is 2. The highest BCUT2D eigenvalue weighted by Crippen LogP contribution is 2.45. The van der Waals surface area contributed by atoms with E-state index in [4.69, 9.17) is 16.1 Å². The van der Waals surface area contributed by atoms with Crippen LogP contribution in [0.5, 0.6) is 0 Å². The van der Waals surface area contributed by atoms with Crippen molar-refractivity contribution in [1.29, 1.82) is 0 Å². The molecule has 0 saturated carbocycles. The van der Waals surface area contributed by atoms with Gasteiger partial charge in [0.15, 0.2) is 5.78 Å². The van der Waals surface area contributed by atoms with Crippen LogP contribution in [0.4, 0.5) is 0 Å². The summed E-state index contributed by atoms with van der Waals surface area (Å²) in [6, 6.07) is 14.4. The van der Waals surface area contributed by atoms with Crippen LogP contribution in [0.3, 0.4) is 0 Å². The molecule has 2 aromatic carbocycles. The Labute approximate surface area is 248 Å². The van der Waals surface area contributed by atoms with Crippen LogP contribution in [0.25, 0.3) is 6.08 Å². The Balaban J connectivity index is 0.000000666. The quantitative estimate of drug-likeness (QED) is 0.0691. The molecule has 1 unspecified atom stereocenters. The smallest absolute Gasteiger partial charge is 0.294 e. The average Bonchev–Trinajstić information content (AvgIpc) is 2.93. The lowest BCUT2D eigenvalue weighted by Crippen LogP contribution is -2.57. The van der Waals surface area contributed by atoms with Crippen molar-refractivity contribution in [2.45, 2.75) is 58.9 Å². The molecule has 42 heavy (non-hydrogen) atoms. The van der Waals surface area contributed by atoms with Gasteiger partial charge in [-0.1, -0.05) is 87.9 Å². The van der Waals surface area contributed by atoms with E-state index < -0.39 is 51.0 Å². The number of aryl methyl sites for hydroxylation is 1. The minimum Gasteiger partial charge on any atom is -0.322 e. The Hall–Kier alpha value is -3.42. The molecule has 0 saturated heterocycles. The fourth-order valence-corrected chi connectivity index (χ4v) is 5.46. The zero-order valence-electron chi connectivity index (χ0n) is 24.9. The second-order valence-electron chi connectivity index (χ2n) is 11.1. The van der Waals surface area contributed by atoms with E-state index in [1.54, 1.807) is 50.5 Å². The number of ketones is 1. The highest BCUT2D eigenvalue weighted by atomic mass is 32.2. The lowest BCUT2D eigenvalue weighted by Gasteiger charge is -2.42. The summed E-state index contributed by atoms with van der Waals surface area (Å²) in [5.41, 5.74) is 10.1. The first-order chi connectivity index (χ1) is 19.5. The molecule has 0 aromatic heterocycles. The average molecular weight is 605 g/mol. The van der Waals surface area contributed by atoms with E-state index in [1.807, 2.05) is 51.1 Å². The number of amides is 2. The number of carbonyl (C=O) groups excluding carboxylic acids is 3. The van der Waals surface area contributed by atoms with Gasteiger partial charge in [-0.2, -0.15) is 8.42 Å². The summed E-state index contributed by atoms with van der Waals surface area (Å²) in [4.78, 5) is 39.3. The van der Waals surface area contributed by atoms with Gasteiger partial charge in [-0.3, -0.25) is 29.6 Å². The number of Topliss-reactive ketones (excluding diaryl/α,β-unsaturated/α-hetero) is 1. The number of hydrogen-bond donors (Lipinski definition) is 6. The highest BCUT2D eigenvalue weighted by molar-refractivity contribution is 7.85. The maximum absolute atomic E-state index is 13.6. The van der Waals surface area contributed by atoms with Crippen molar-refractivity contribution in [3.63, 3.8) is 0 Å². The zero-order chi connectivity index (χ0) is 32.3. The molecular weight excluding hydrogens is 560 g/mol. The van der Waals surface area contributed by atoms with E-state index in [9.17, 15) is 28.0 Å². The SMILES string of the molecule is CC(C)CC(/C=C/c1ccccc1)(C(=O)[C@@H](C)N)[C@@H](C(=O)NO)[C@H](C(=O)NN)C(C)C.Cc1ccc(S(=O)(=O)O)cc1. The predicted molar refractivity (Wildman–Crippen MR) is 161 cm³/mol. The van der Waals surface area contributed by atoms with Crippen molar-refractivity contribution in [2.24, 2.45) is 40.7 Å². The first kappa shape index (κ1) is 36.6. The summed E-state index contributed by atoms with van der Waals surface area (Å²) in [6.45, 7) is 10.7. The molecule has 2 rings (SSSR count). The van der Waals surface area contributed by atoms with Crippen LogP contribution in [0.1, 0.15) is 52.2 Å². The molecule has 0 heterocycles. The summed E-state index contributed by atoms with van der Waals surface area (Å²) in [7, 11) is -4.02. The topological polar surface area (TPSA) is 202 Å². The molecule has 0 radical (unpaired) electrons. The van der Waals surface area contributed by atoms with Gasteiger partial charge in [0.1, 0.15) is 0 Å². The van der Waals surface area contributed by atoms with Crippen LogP contribution in [0.2, 0.25) is 0 Å². The predicted octanol–water partition coefficient (Wildman–Crippen LogP) is 3.27. The van der Waals surface area contributed by atoms with Crippen LogP contribution in [0, 0.1) is 36.0 Å². The number of hydrogen-bond acceptors (Lipinski definition) is 8. The van der Waals surface area contributed by atoms with E-state index in [1.165, 1.54) is 12.1 Å². The molecular formula is C30H44N4O7S. The van der Waals surface area contributed by atoms with Crippen LogP contribution in [0.15, 0.2) is 65.6 Å². The number of allylic oxidation sites excluding steroid dienone is 1. The van der Waals surface area contributed by atoms with Gasteiger partial charge in [-0.05, 0) is 49.8 Å². The van der Waals surface area contributed by atoms with Crippen LogP contribution in [-0.2, 0) is 24.5 Å². The normalized spacial score (nSPS) is 15.2. The first-order valence-corrected chi connectivity index (χ1v) is 15.0. The van der Waals surface area contributed by atoms with Crippen molar-refractivity contribution >= 4 is 33.8 Å². The van der Waals surface area contributed by atoms with Gasteiger partial charge in [0.05, 0.1) is 28.2 Å². The molecule has 12 heteroatoms. The minimum absolute atomic E-state index is 0.0223. The van der Waals surface area contributed by atoms with E-state index in [0.29, 0.717) is 0 Å². The lowest BCUT2D eigenvalue weighted by molar-refractivity contribution is -0.152. The summed E-state index contributed by atoms with van der Waals surface area (Å²) in [5.74, 6) is 0.988. The monoisotopic (exact) mass is 604 g/mol. The molecule has 0 aliphatic heterocycles. The Morgan fingerprint density at radius 2 is 1.50 bits per heavy atom. The van der Waals surface area contributed by atoms with Crippen LogP contribution < -0.4 is 22.5 Å². The molecule has 2 amide bonds. The molecule has 0 aliphatic rings. The van der Waals surface area contributed by atoms with Gasteiger partial charge in [0, 0.05) is 0 Å². The number of nitrogens with two attached hydrogens (primary N) is 2. The van der Waals surface area contributed by atoms with Gasteiger partial charge in [-0.25, -0.2) is 11.3 Å². The van der Waals surface area contributed by atoms with E-state index in [-0.39, 0.29) is 23.2 Å². The van der Waals surface area contributed by atoms with Gasteiger partial charge in [-0.15, -0.1) is 0 Å². The second-order valence-corrected chi connectivity index (χ2v) is 12.5. The fraction of sp³-hybridized carbons (Fsp3) is 0.433. The van der Waals surface area contributed by atoms with E-state index in [0.717, 1.165) is 11.1 Å². The Morgan fingerprint density at radius 1 is 0.952 bits per heavy atom. The molecule has 2 aromatic rings. The van der Waals surface area contributed by atoms with Crippen LogP contribution in [-0.4, -0.2) is 41.8 Å². The van der Waals surface area contributed by atoms with Crippen molar-refractivity contribution in [3.8, 4) is 0 Å². The lowest BCUT2D eigenvalue weighted by atomic mass is 9.59. The van der Waals surface area contributed by atoms with Crippen LogP contribution >= 0.6 is 0 Å². The standard InChI is InChI=1S/C23H36N4O4.C7H8O3S/c1-14(2)13-23(20(28)16(5)24,12-11-17-9-7-6-8-10-17)19(22(30)27-31)18(15(3)4)21(29)26-25;1-6-2-4-7(5-3-6)11(8,9)10/h6-12,14-16,18-19,31H,13,24-25H2,1-5H3,(H,26,29)(H,27,30);2-5H,1H3,(H,8,9,10)/b12-11+;/t16-,18-,19-,23?;/m1./s1. The highest BCUT2D eigenvalue weighted by Gasteiger charge is 2.53. The number of carbonyl (C=O) groups is 3. The maximum atomic E-state index is 13.6. The van der Waals surface area contributed by atoms with Crippen molar-refractivity contribution < 1.29 is 32.6 Å². The third-order valence-electron chi connectivity index (χ3n) is 6.78. The molecule has 232 valence electrons. The molecule has 0 bridgehead atoms. The zero-order valence-corrected chi connectivity index (χ0v) is 25.8. The van der Waals surface area contributed by atoms with E-state index >= 15 is 0 Å². The largest absolute Gasteiger partial charge is 0.322 e. The van der Waals surface area contributed by atoms with Gasteiger partial charge >= 0.3 is 0 Å². The summed E-state index contributed by atoms with van der Waals surface area (Å²) in [6.07, 6.45) is 3.65. The number of rotatable bonds is 12. The number of hydrazine groups is 1. The summed E-state index contributed by atoms with van der Waals surface area (Å²) < 4.78 is 29.6. The Kier molecular flexibility index (Phi) is 14.2.